The molecule has 0 radical (unpaired) electrons. The highest BCUT2D eigenvalue weighted by Crippen LogP contribution is 2.12. The van der Waals surface area contributed by atoms with Gasteiger partial charge in [-0.25, -0.2) is 0 Å². The van der Waals surface area contributed by atoms with E-state index in [1.165, 1.54) is 50.8 Å². The van der Waals surface area contributed by atoms with Gasteiger partial charge in [-0.1, -0.05) is 43.9 Å². The lowest BCUT2D eigenvalue weighted by atomic mass is 10.2. The third kappa shape index (κ3) is 8.21. The Kier molecular flexibility index (Phi) is 9.14. The van der Waals surface area contributed by atoms with Crippen molar-refractivity contribution in [2.24, 2.45) is 0 Å². The molecule has 0 heterocycles. The fourth-order valence-corrected chi connectivity index (χ4v) is 2.20. The van der Waals surface area contributed by atoms with Crippen LogP contribution in [0.3, 0.4) is 0 Å². The normalized spacial score (nSPS) is 11.0. The third-order valence-corrected chi connectivity index (χ3v) is 3.62. The molecule has 114 valence electrons. The van der Waals surface area contributed by atoms with E-state index in [2.05, 4.69) is 50.1 Å². The molecule has 0 fully saturated rings. The van der Waals surface area contributed by atoms with Crippen molar-refractivity contribution >= 4 is 0 Å². The van der Waals surface area contributed by atoms with Crippen LogP contribution in [0.25, 0.3) is 0 Å². The van der Waals surface area contributed by atoms with Crippen LogP contribution in [0, 0.1) is 6.92 Å². The van der Waals surface area contributed by atoms with Crippen LogP contribution >= 0.6 is 0 Å². The Morgan fingerprint density at radius 3 is 2.25 bits per heavy atom. The van der Waals surface area contributed by atoms with Crippen LogP contribution in [-0.4, -0.2) is 31.6 Å². The van der Waals surface area contributed by atoms with E-state index in [1.54, 1.807) is 0 Å². The second-order valence-corrected chi connectivity index (χ2v) is 5.73. The lowest BCUT2D eigenvalue weighted by Crippen LogP contribution is -2.20. The van der Waals surface area contributed by atoms with Crippen LogP contribution in [0.1, 0.15) is 51.0 Å². The van der Waals surface area contributed by atoms with Gasteiger partial charge in [0.15, 0.2) is 0 Å². The van der Waals surface area contributed by atoms with E-state index < -0.39 is 0 Å². The number of unbranched alkanes of at least 4 members (excludes halogenated alkanes) is 4. The minimum Gasteiger partial charge on any atom is -0.494 e. The minimum atomic E-state index is 0.842. The summed E-state index contributed by atoms with van der Waals surface area (Å²) < 4.78 is 5.73. The number of hydrogen-bond donors (Lipinski definition) is 0. The van der Waals surface area contributed by atoms with Gasteiger partial charge >= 0.3 is 0 Å². The van der Waals surface area contributed by atoms with Crippen LogP contribution in [0.15, 0.2) is 24.3 Å². The zero-order chi connectivity index (χ0) is 14.6. The number of hydrogen-bond acceptors (Lipinski definition) is 2. The average molecular weight is 277 g/mol. The molecule has 0 aromatic heterocycles. The molecule has 0 aliphatic carbocycles. The maximum absolute atomic E-state index is 5.73. The van der Waals surface area contributed by atoms with Gasteiger partial charge < -0.3 is 9.64 Å². The standard InChI is InChI=1S/C18H31NO/c1-4-5-14-19(3)15-8-6-7-9-16-20-18-12-10-17(2)11-13-18/h10-13H,4-9,14-16H2,1-3H3. The third-order valence-electron chi connectivity index (χ3n) is 3.62. The van der Waals surface area contributed by atoms with Crippen LogP contribution in [0.5, 0.6) is 5.75 Å². The molecule has 0 atom stereocenters. The molecular weight excluding hydrogens is 246 g/mol. The van der Waals surface area contributed by atoms with E-state index in [0.29, 0.717) is 0 Å². The molecule has 0 unspecified atom stereocenters. The maximum atomic E-state index is 5.73. The van der Waals surface area contributed by atoms with E-state index in [9.17, 15) is 0 Å². The molecule has 0 bridgehead atoms. The lowest BCUT2D eigenvalue weighted by Gasteiger charge is -2.15. The highest BCUT2D eigenvalue weighted by molar-refractivity contribution is 5.26. The van der Waals surface area contributed by atoms with Crippen molar-refractivity contribution in [2.75, 3.05) is 26.7 Å². The Bertz CT molecular complexity index is 334. The van der Waals surface area contributed by atoms with Crippen molar-refractivity contribution < 1.29 is 4.74 Å². The molecule has 0 spiro atoms. The number of benzene rings is 1. The summed E-state index contributed by atoms with van der Waals surface area (Å²) in [5.41, 5.74) is 1.28. The number of ether oxygens (including phenoxy) is 1. The van der Waals surface area contributed by atoms with E-state index in [1.807, 2.05) is 0 Å². The van der Waals surface area contributed by atoms with Gasteiger partial charge in [0.25, 0.3) is 0 Å². The lowest BCUT2D eigenvalue weighted by molar-refractivity contribution is 0.295. The Morgan fingerprint density at radius 2 is 1.55 bits per heavy atom. The van der Waals surface area contributed by atoms with Crippen molar-refractivity contribution in [1.29, 1.82) is 0 Å². The van der Waals surface area contributed by atoms with Crippen molar-refractivity contribution in [3.8, 4) is 5.75 Å². The summed E-state index contributed by atoms with van der Waals surface area (Å²) in [5.74, 6) is 0.995. The summed E-state index contributed by atoms with van der Waals surface area (Å²) in [4.78, 5) is 2.45. The molecule has 0 saturated carbocycles. The Morgan fingerprint density at radius 1 is 0.900 bits per heavy atom. The van der Waals surface area contributed by atoms with Gasteiger partial charge in [-0.05, 0) is 58.5 Å². The molecule has 0 N–H and O–H groups in total. The monoisotopic (exact) mass is 277 g/mol. The number of nitrogens with zero attached hydrogens (tertiary/aromatic N) is 1. The first-order valence-electron chi connectivity index (χ1n) is 8.10. The summed E-state index contributed by atoms with van der Waals surface area (Å²) in [6, 6.07) is 8.30. The van der Waals surface area contributed by atoms with Gasteiger partial charge in [-0.2, -0.15) is 0 Å². The van der Waals surface area contributed by atoms with E-state index in [0.717, 1.165) is 18.8 Å². The molecule has 20 heavy (non-hydrogen) atoms. The second kappa shape index (κ2) is 10.7. The summed E-state index contributed by atoms with van der Waals surface area (Å²) in [6.07, 6.45) is 7.67. The van der Waals surface area contributed by atoms with Crippen LogP contribution in [0.4, 0.5) is 0 Å². The van der Waals surface area contributed by atoms with Gasteiger partial charge in [0.2, 0.25) is 0 Å². The summed E-state index contributed by atoms with van der Waals surface area (Å²) in [5, 5.41) is 0. The minimum absolute atomic E-state index is 0.842. The molecule has 2 nitrogen and oxygen atoms in total. The van der Waals surface area contributed by atoms with Gasteiger partial charge in [0.1, 0.15) is 5.75 Å². The zero-order valence-corrected chi connectivity index (χ0v) is 13.5. The number of aryl methyl sites for hydroxylation is 1. The van der Waals surface area contributed by atoms with Gasteiger partial charge in [-0.3, -0.25) is 0 Å². The topological polar surface area (TPSA) is 12.5 Å². The summed E-state index contributed by atoms with van der Waals surface area (Å²) in [7, 11) is 2.23. The number of rotatable bonds is 11. The van der Waals surface area contributed by atoms with E-state index in [-0.39, 0.29) is 0 Å². The quantitative estimate of drug-likeness (QED) is 0.545. The summed E-state index contributed by atoms with van der Waals surface area (Å²) >= 11 is 0. The molecule has 2 heteroatoms. The molecular formula is C18H31NO. The van der Waals surface area contributed by atoms with E-state index in [4.69, 9.17) is 4.74 Å². The predicted molar refractivity (Wildman–Crippen MR) is 87.5 cm³/mol. The average Bonchev–Trinajstić information content (AvgIpc) is 2.46. The largest absolute Gasteiger partial charge is 0.494 e. The molecule has 1 rings (SSSR count). The first-order valence-corrected chi connectivity index (χ1v) is 8.10. The highest BCUT2D eigenvalue weighted by Gasteiger charge is 1.98. The Labute approximate surface area is 125 Å². The predicted octanol–water partition coefficient (Wildman–Crippen LogP) is 4.67. The zero-order valence-electron chi connectivity index (χ0n) is 13.5. The van der Waals surface area contributed by atoms with Gasteiger partial charge in [0.05, 0.1) is 6.61 Å². The van der Waals surface area contributed by atoms with Crippen molar-refractivity contribution in [3.63, 3.8) is 0 Å². The highest BCUT2D eigenvalue weighted by atomic mass is 16.5. The van der Waals surface area contributed by atoms with Gasteiger partial charge in [-0.15, -0.1) is 0 Å². The van der Waals surface area contributed by atoms with Crippen molar-refractivity contribution in [3.05, 3.63) is 29.8 Å². The van der Waals surface area contributed by atoms with Crippen LogP contribution < -0.4 is 4.74 Å². The molecule has 1 aromatic carbocycles. The Balaban J connectivity index is 1.93. The smallest absolute Gasteiger partial charge is 0.119 e. The molecule has 0 aliphatic heterocycles. The molecule has 0 amide bonds. The first-order chi connectivity index (χ1) is 9.72. The van der Waals surface area contributed by atoms with Crippen molar-refractivity contribution in [2.45, 2.75) is 52.4 Å². The van der Waals surface area contributed by atoms with E-state index >= 15 is 0 Å². The molecule has 0 aliphatic rings. The fraction of sp³-hybridized carbons (Fsp3) is 0.667. The van der Waals surface area contributed by atoms with Crippen molar-refractivity contribution in [1.82, 2.24) is 4.90 Å². The second-order valence-electron chi connectivity index (χ2n) is 5.73. The first kappa shape index (κ1) is 17.0. The molecule has 1 aromatic rings. The Hall–Kier alpha value is -1.02. The fourth-order valence-electron chi connectivity index (χ4n) is 2.20. The van der Waals surface area contributed by atoms with Gasteiger partial charge in [0, 0.05) is 0 Å². The van der Waals surface area contributed by atoms with Crippen LogP contribution in [-0.2, 0) is 0 Å². The molecule has 0 saturated heterocycles. The SMILES string of the molecule is CCCCN(C)CCCCCCOc1ccc(C)cc1. The maximum Gasteiger partial charge on any atom is 0.119 e. The van der Waals surface area contributed by atoms with Crippen LogP contribution in [0.2, 0.25) is 0 Å². The summed E-state index contributed by atoms with van der Waals surface area (Å²) in [6.45, 7) is 7.67.